The first kappa shape index (κ1) is 14.5. The summed E-state index contributed by atoms with van der Waals surface area (Å²) >= 11 is 0. The molecule has 0 aliphatic carbocycles. The lowest BCUT2D eigenvalue weighted by Gasteiger charge is -2.07. The van der Waals surface area contributed by atoms with Gasteiger partial charge >= 0.3 is 0 Å². The number of fused-ring (bicyclic) bond motifs is 1. The molecular formula is C22H17NO. The summed E-state index contributed by atoms with van der Waals surface area (Å²) in [6.45, 7) is 0.753. The van der Waals surface area contributed by atoms with Gasteiger partial charge in [0.05, 0.1) is 0 Å². The van der Waals surface area contributed by atoms with E-state index in [9.17, 15) is 4.79 Å². The van der Waals surface area contributed by atoms with Gasteiger partial charge in [-0.05, 0) is 22.8 Å². The first-order valence-corrected chi connectivity index (χ1v) is 8.02. The van der Waals surface area contributed by atoms with E-state index < -0.39 is 0 Å². The Morgan fingerprint density at radius 1 is 0.750 bits per heavy atom. The molecule has 4 rings (SSSR count). The topological polar surface area (TPSA) is 22.0 Å². The van der Waals surface area contributed by atoms with Crippen molar-refractivity contribution >= 4 is 17.2 Å². The van der Waals surface area contributed by atoms with Crippen LogP contribution in [0.15, 0.2) is 85.1 Å². The zero-order valence-electron chi connectivity index (χ0n) is 13.2. The third kappa shape index (κ3) is 2.63. The normalized spacial score (nSPS) is 10.8. The molecule has 0 N–H and O–H groups in total. The van der Waals surface area contributed by atoms with E-state index in [0.29, 0.717) is 0 Å². The van der Waals surface area contributed by atoms with Crippen molar-refractivity contribution < 1.29 is 4.79 Å². The van der Waals surface area contributed by atoms with Crippen LogP contribution < -0.4 is 0 Å². The maximum atomic E-state index is 11.3. The summed E-state index contributed by atoms with van der Waals surface area (Å²) in [5.74, 6) is 0. The van der Waals surface area contributed by atoms with Crippen LogP contribution in [0.3, 0.4) is 0 Å². The van der Waals surface area contributed by atoms with Gasteiger partial charge in [-0.15, -0.1) is 0 Å². The van der Waals surface area contributed by atoms with E-state index in [1.165, 1.54) is 16.7 Å². The minimum Gasteiger partial charge on any atom is -0.342 e. The molecule has 2 nitrogen and oxygen atoms in total. The van der Waals surface area contributed by atoms with Gasteiger partial charge < -0.3 is 4.57 Å². The summed E-state index contributed by atoms with van der Waals surface area (Å²) in [6.07, 6.45) is 2.86. The number of carbonyl (C=O) groups is 1. The fraction of sp³-hybridized carbons (Fsp3) is 0.0455. The fourth-order valence-corrected chi connectivity index (χ4v) is 3.13. The van der Waals surface area contributed by atoms with Gasteiger partial charge in [-0.3, -0.25) is 4.79 Å². The van der Waals surface area contributed by atoms with Crippen molar-refractivity contribution in [1.82, 2.24) is 4.57 Å². The first-order valence-electron chi connectivity index (χ1n) is 8.02. The molecule has 116 valence electrons. The van der Waals surface area contributed by atoms with E-state index in [1.807, 2.05) is 30.5 Å². The van der Waals surface area contributed by atoms with Crippen molar-refractivity contribution in [3.63, 3.8) is 0 Å². The third-order valence-electron chi connectivity index (χ3n) is 4.36. The van der Waals surface area contributed by atoms with Crippen LogP contribution in [0.4, 0.5) is 0 Å². The van der Waals surface area contributed by atoms with E-state index in [1.54, 1.807) is 0 Å². The summed E-state index contributed by atoms with van der Waals surface area (Å²) in [5.41, 5.74) is 5.48. The van der Waals surface area contributed by atoms with Crippen molar-refractivity contribution in [3.8, 4) is 11.1 Å². The molecule has 0 aliphatic rings. The molecule has 0 fully saturated rings. The molecular weight excluding hydrogens is 294 g/mol. The van der Waals surface area contributed by atoms with Gasteiger partial charge in [-0.1, -0.05) is 72.8 Å². The van der Waals surface area contributed by atoms with Crippen LogP contribution in [0.1, 0.15) is 15.9 Å². The summed E-state index contributed by atoms with van der Waals surface area (Å²) in [4.78, 5) is 11.3. The van der Waals surface area contributed by atoms with Crippen LogP contribution in [0.5, 0.6) is 0 Å². The monoisotopic (exact) mass is 311 g/mol. The number of aldehydes is 1. The smallest absolute Gasteiger partial charge is 0.152 e. The van der Waals surface area contributed by atoms with Crippen molar-refractivity contribution in [3.05, 3.63) is 96.2 Å². The molecule has 3 aromatic carbocycles. The Morgan fingerprint density at radius 3 is 2.17 bits per heavy atom. The Kier molecular flexibility index (Phi) is 3.72. The molecule has 0 unspecified atom stereocenters. The van der Waals surface area contributed by atoms with E-state index in [0.717, 1.165) is 29.3 Å². The second-order valence-corrected chi connectivity index (χ2v) is 5.91. The standard InChI is InChI=1S/C22H17NO/c24-16-20-15-23(22-9-5-4-8-21(20)22)14-17-10-12-19(13-11-17)18-6-2-1-3-7-18/h1-13,15-16H,14H2. The largest absolute Gasteiger partial charge is 0.342 e. The van der Waals surface area contributed by atoms with Gasteiger partial charge in [0.25, 0.3) is 0 Å². The van der Waals surface area contributed by atoms with Crippen molar-refractivity contribution in [2.75, 3.05) is 0 Å². The van der Waals surface area contributed by atoms with Gasteiger partial charge in [0, 0.05) is 29.2 Å². The number of hydrogen-bond donors (Lipinski definition) is 0. The quantitative estimate of drug-likeness (QED) is 0.477. The maximum absolute atomic E-state index is 11.3. The Hall–Kier alpha value is -3.13. The van der Waals surface area contributed by atoms with Crippen LogP contribution in [-0.4, -0.2) is 10.9 Å². The fourth-order valence-electron chi connectivity index (χ4n) is 3.13. The predicted molar refractivity (Wildman–Crippen MR) is 98.3 cm³/mol. The zero-order chi connectivity index (χ0) is 16.4. The van der Waals surface area contributed by atoms with Crippen LogP contribution in [-0.2, 0) is 6.54 Å². The highest BCUT2D eigenvalue weighted by atomic mass is 16.1. The summed E-state index contributed by atoms with van der Waals surface area (Å²) in [7, 11) is 0. The van der Waals surface area contributed by atoms with Crippen molar-refractivity contribution in [1.29, 1.82) is 0 Å². The lowest BCUT2D eigenvalue weighted by Crippen LogP contribution is -1.97. The highest BCUT2D eigenvalue weighted by Crippen LogP contribution is 2.23. The number of hydrogen-bond acceptors (Lipinski definition) is 1. The van der Waals surface area contributed by atoms with Gasteiger partial charge in [-0.2, -0.15) is 0 Å². The average Bonchev–Trinajstić information content (AvgIpc) is 3.01. The average molecular weight is 311 g/mol. The van der Waals surface area contributed by atoms with E-state index in [4.69, 9.17) is 0 Å². The second-order valence-electron chi connectivity index (χ2n) is 5.91. The Morgan fingerprint density at radius 2 is 1.42 bits per heavy atom. The molecule has 0 bridgehead atoms. The van der Waals surface area contributed by atoms with Gasteiger partial charge in [0.2, 0.25) is 0 Å². The number of rotatable bonds is 4. The molecule has 0 spiro atoms. The molecule has 1 heterocycles. The van der Waals surface area contributed by atoms with Gasteiger partial charge in [-0.25, -0.2) is 0 Å². The molecule has 0 saturated carbocycles. The highest BCUT2D eigenvalue weighted by molar-refractivity contribution is 5.97. The molecule has 0 amide bonds. The number of carbonyl (C=O) groups excluding carboxylic acids is 1. The SMILES string of the molecule is O=Cc1cn(Cc2ccc(-c3ccccc3)cc2)c2ccccc12. The van der Waals surface area contributed by atoms with E-state index in [-0.39, 0.29) is 0 Å². The molecule has 24 heavy (non-hydrogen) atoms. The molecule has 0 saturated heterocycles. The van der Waals surface area contributed by atoms with Gasteiger partial charge in [0.1, 0.15) is 0 Å². The number of para-hydroxylation sites is 1. The highest BCUT2D eigenvalue weighted by Gasteiger charge is 2.07. The Labute approximate surface area is 141 Å². The van der Waals surface area contributed by atoms with Crippen LogP contribution in [0, 0.1) is 0 Å². The lowest BCUT2D eigenvalue weighted by molar-refractivity contribution is 0.112. The summed E-state index contributed by atoms with van der Waals surface area (Å²) in [5, 5.41) is 1.01. The minimum absolute atomic E-state index is 0.742. The second kappa shape index (κ2) is 6.17. The molecule has 2 heteroatoms. The van der Waals surface area contributed by atoms with Crippen molar-refractivity contribution in [2.24, 2.45) is 0 Å². The predicted octanol–water partition coefficient (Wildman–Crippen LogP) is 5.17. The molecule has 1 aromatic heterocycles. The van der Waals surface area contributed by atoms with Crippen LogP contribution in [0.2, 0.25) is 0 Å². The summed E-state index contributed by atoms with van der Waals surface area (Å²) in [6, 6.07) is 27.0. The summed E-state index contributed by atoms with van der Waals surface area (Å²) < 4.78 is 2.14. The van der Waals surface area contributed by atoms with E-state index in [2.05, 4.69) is 59.2 Å². The molecule has 0 atom stereocenters. The number of aromatic nitrogens is 1. The zero-order valence-corrected chi connectivity index (χ0v) is 13.2. The van der Waals surface area contributed by atoms with Crippen LogP contribution >= 0.6 is 0 Å². The van der Waals surface area contributed by atoms with Gasteiger partial charge in [0.15, 0.2) is 6.29 Å². The molecule has 0 aliphatic heterocycles. The first-order chi connectivity index (χ1) is 11.8. The third-order valence-corrected chi connectivity index (χ3v) is 4.36. The minimum atomic E-state index is 0.742. The molecule has 0 radical (unpaired) electrons. The van der Waals surface area contributed by atoms with Crippen molar-refractivity contribution in [2.45, 2.75) is 6.54 Å². The number of benzene rings is 3. The van der Waals surface area contributed by atoms with Crippen LogP contribution in [0.25, 0.3) is 22.0 Å². The number of nitrogens with zero attached hydrogens (tertiary/aromatic N) is 1. The molecule has 4 aromatic rings. The lowest BCUT2D eigenvalue weighted by atomic mass is 10.0. The maximum Gasteiger partial charge on any atom is 0.152 e. The van der Waals surface area contributed by atoms with E-state index >= 15 is 0 Å². The Balaban J connectivity index is 1.66. The Bertz CT molecular complexity index is 982.